The number of carbonyl (C=O) groups is 1. The molecule has 4 heteroatoms. The van der Waals surface area contributed by atoms with Gasteiger partial charge in [-0.2, -0.15) is 0 Å². The van der Waals surface area contributed by atoms with Crippen molar-refractivity contribution in [2.75, 3.05) is 5.32 Å². The summed E-state index contributed by atoms with van der Waals surface area (Å²) in [5.74, 6) is -0.633. The van der Waals surface area contributed by atoms with Crippen LogP contribution in [-0.2, 0) is 4.79 Å². The normalized spacial score (nSPS) is 10.6. The predicted molar refractivity (Wildman–Crippen MR) is 58.3 cm³/mol. The van der Waals surface area contributed by atoms with E-state index in [4.69, 9.17) is 0 Å². The van der Waals surface area contributed by atoms with Crippen molar-refractivity contribution in [3.63, 3.8) is 0 Å². The molecular formula is C12H14NNaO2. The van der Waals surface area contributed by atoms with Crippen molar-refractivity contribution in [2.45, 2.75) is 20.8 Å². The van der Waals surface area contributed by atoms with Gasteiger partial charge in [0.2, 0.25) is 5.91 Å². The van der Waals surface area contributed by atoms with Crippen molar-refractivity contribution >= 4 is 11.6 Å². The minimum absolute atomic E-state index is 0. The van der Waals surface area contributed by atoms with Crippen LogP contribution in [0.2, 0.25) is 0 Å². The summed E-state index contributed by atoms with van der Waals surface area (Å²) in [7, 11) is 0. The number of hydrogen-bond donors (Lipinski definition) is 1. The first-order valence-corrected chi connectivity index (χ1v) is 4.72. The molecule has 3 nitrogen and oxygen atoms in total. The molecule has 0 unspecified atom stereocenters. The molecule has 1 N–H and O–H groups in total. The summed E-state index contributed by atoms with van der Waals surface area (Å²) < 4.78 is 0. The van der Waals surface area contributed by atoms with Gasteiger partial charge in [0.25, 0.3) is 0 Å². The van der Waals surface area contributed by atoms with E-state index in [1.807, 2.05) is 32.0 Å². The maximum absolute atomic E-state index is 11.3. The number of anilines is 1. The molecule has 1 aromatic carbocycles. The smallest absolute Gasteiger partial charge is 0.875 e. The van der Waals surface area contributed by atoms with E-state index < -0.39 is 0 Å². The van der Waals surface area contributed by atoms with Crippen molar-refractivity contribution in [1.29, 1.82) is 0 Å². The SMILES string of the molecule is C/C([O-])=C/C(=O)Nc1ccc(C)cc1C.[Na+]. The fourth-order valence-electron chi connectivity index (χ4n) is 1.31. The van der Waals surface area contributed by atoms with Gasteiger partial charge < -0.3 is 10.4 Å². The van der Waals surface area contributed by atoms with E-state index in [-0.39, 0.29) is 41.2 Å². The minimum Gasteiger partial charge on any atom is -0.875 e. The van der Waals surface area contributed by atoms with Gasteiger partial charge in [0.15, 0.2) is 0 Å². The number of amides is 1. The monoisotopic (exact) mass is 227 g/mol. The van der Waals surface area contributed by atoms with Gasteiger partial charge in [0.05, 0.1) is 0 Å². The Bertz CT molecular complexity index is 409. The molecule has 0 bridgehead atoms. The van der Waals surface area contributed by atoms with Crippen molar-refractivity contribution < 1.29 is 39.5 Å². The zero-order valence-electron chi connectivity index (χ0n) is 10.1. The van der Waals surface area contributed by atoms with Crippen LogP contribution in [0.4, 0.5) is 5.69 Å². The van der Waals surface area contributed by atoms with Gasteiger partial charge >= 0.3 is 29.6 Å². The first-order valence-electron chi connectivity index (χ1n) is 4.72. The van der Waals surface area contributed by atoms with Crippen molar-refractivity contribution in [2.24, 2.45) is 0 Å². The Hall–Kier alpha value is -0.770. The van der Waals surface area contributed by atoms with Gasteiger partial charge in [-0.25, -0.2) is 0 Å². The van der Waals surface area contributed by atoms with Crippen LogP contribution in [0.5, 0.6) is 0 Å². The van der Waals surface area contributed by atoms with E-state index in [2.05, 4.69) is 5.32 Å². The zero-order valence-corrected chi connectivity index (χ0v) is 12.1. The summed E-state index contributed by atoms with van der Waals surface area (Å²) in [4.78, 5) is 11.3. The molecule has 0 fully saturated rings. The summed E-state index contributed by atoms with van der Waals surface area (Å²) in [6.07, 6.45) is 1.04. The largest absolute Gasteiger partial charge is 1.00 e. The summed E-state index contributed by atoms with van der Waals surface area (Å²) in [6.45, 7) is 5.25. The van der Waals surface area contributed by atoms with Crippen LogP contribution in [0.15, 0.2) is 30.0 Å². The topological polar surface area (TPSA) is 52.2 Å². The summed E-state index contributed by atoms with van der Waals surface area (Å²) >= 11 is 0. The van der Waals surface area contributed by atoms with E-state index >= 15 is 0 Å². The molecular weight excluding hydrogens is 213 g/mol. The third-order valence-electron chi connectivity index (χ3n) is 1.97. The van der Waals surface area contributed by atoms with Crippen LogP contribution in [0.3, 0.4) is 0 Å². The molecule has 0 saturated heterocycles. The maximum Gasteiger partial charge on any atom is 1.00 e. The van der Waals surface area contributed by atoms with E-state index in [0.29, 0.717) is 0 Å². The van der Waals surface area contributed by atoms with Gasteiger partial charge in [-0.05, 0) is 31.6 Å². The van der Waals surface area contributed by atoms with Crippen molar-refractivity contribution in [3.8, 4) is 0 Å². The fourth-order valence-corrected chi connectivity index (χ4v) is 1.31. The molecule has 16 heavy (non-hydrogen) atoms. The molecule has 80 valence electrons. The summed E-state index contributed by atoms with van der Waals surface area (Å²) in [5, 5.41) is 13.3. The van der Waals surface area contributed by atoms with Gasteiger partial charge in [0, 0.05) is 5.69 Å². The molecule has 1 amide bonds. The first-order chi connectivity index (χ1) is 6.99. The molecule has 0 aliphatic carbocycles. The third-order valence-corrected chi connectivity index (χ3v) is 1.97. The molecule has 1 aromatic rings. The van der Waals surface area contributed by atoms with E-state index in [1.165, 1.54) is 6.92 Å². The second kappa shape index (κ2) is 6.74. The molecule has 0 aliphatic rings. The van der Waals surface area contributed by atoms with E-state index in [9.17, 15) is 9.90 Å². The standard InChI is InChI=1S/C12H15NO2.Na/c1-8-4-5-11(9(2)6-8)13-12(15)7-10(3)14;/h4-7,14H,1-3H3,(H,13,15);/q;+1/p-1/b10-7-;. The average molecular weight is 227 g/mol. The van der Waals surface area contributed by atoms with Crippen LogP contribution < -0.4 is 40.0 Å². The Kier molecular flexibility index (Phi) is 6.41. The Morgan fingerprint density at radius 2 is 2.00 bits per heavy atom. The van der Waals surface area contributed by atoms with Gasteiger partial charge in [0.1, 0.15) is 0 Å². The Labute approximate surface area is 118 Å². The molecule has 0 heterocycles. The van der Waals surface area contributed by atoms with Crippen molar-refractivity contribution in [1.82, 2.24) is 0 Å². The molecule has 1 rings (SSSR count). The van der Waals surface area contributed by atoms with Gasteiger partial charge in [-0.1, -0.05) is 24.6 Å². The zero-order chi connectivity index (χ0) is 11.4. The molecule has 0 aliphatic heterocycles. The van der Waals surface area contributed by atoms with Crippen LogP contribution >= 0.6 is 0 Å². The Balaban J connectivity index is 0.00000225. The first kappa shape index (κ1) is 15.2. The number of nitrogens with one attached hydrogen (secondary N) is 1. The summed E-state index contributed by atoms with van der Waals surface area (Å²) in [5.41, 5.74) is 2.87. The van der Waals surface area contributed by atoms with Crippen LogP contribution in [0, 0.1) is 13.8 Å². The number of rotatable bonds is 2. The fraction of sp³-hybridized carbons (Fsp3) is 0.250. The number of aryl methyl sites for hydroxylation is 2. The van der Waals surface area contributed by atoms with Gasteiger partial charge in [-0.15, -0.1) is 5.76 Å². The second-order valence-corrected chi connectivity index (χ2v) is 3.56. The molecule has 0 aromatic heterocycles. The Morgan fingerprint density at radius 1 is 1.38 bits per heavy atom. The molecule has 0 radical (unpaired) electrons. The number of carbonyl (C=O) groups excluding carboxylic acids is 1. The average Bonchev–Trinajstić information content (AvgIpc) is 2.08. The predicted octanol–water partition coefficient (Wildman–Crippen LogP) is -1.49. The third kappa shape index (κ3) is 4.84. The van der Waals surface area contributed by atoms with E-state index in [0.717, 1.165) is 22.9 Å². The number of benzene rings is 1. The Morgan fingerprint density at radius 3 is 2.50 bits per heavy atom. The number of hydrogen-bond acceptors (Lipinski definition) is 2. The molecule has 0 spiro atoms. The number of allylic oxidation sites excluding steroid dienone is 1. The second-order valence-electron chi connectivity index (χ2n) is 3.56. The maximum atomic E-state index is 11.3. The van der Waals surface area contributed by atoms with E-state index in [1.54, 1.807) is 0 Å². The van der Waals surface area contributed by atoms with Gasteiger partial charge in [-0.3, -0.25) is 4.79 Å². The quantitative estimate of drug-likeness (QED) is 0.380. The minimum atomic E-state index is -0.380. The van der Waals surface area contributed by atoms with Crippen LogP contribution in [0.1, 0.15) is 18.1 Å². The van der Waals surface area contributed by atoms with Crippen LogP contribution in [0.25, 0.3) is 0 Å². The van der Waals surface area contributed by atoms with Crippen LogP contribution in [-0.4, -0.2) is 5.91 Å². The summed E-state index contributed by atoms with van der Waals surface area (Å²) in [6, 6.07) is 5.72. The van der Waals surface area contributed by atoms with Crippen molar-refractivity contribution in [3.05, 3.63) is 41.2 Å². The molecule has 0 atom stereocenters. The molecule has 0 saturated carbocycles.